The van der Waals surface area contributed by atoms with Crippen LogP contribution in [0.5, 0.6) is 0 Å². The summed E-state index contributed by atoms with van der Waals surface area (Å²) in [5, 5.41) is -0.195. The number of rotatable bonds is 4. The minimum Gasteiger partial charge on any atom is -0.286 e. The van der Waals surface area contributed by atoms with Gasteiger partial charge in [-0.25, -0.2) is 0 Å². The van der Waals surface area contributed by atoms with Gasteiger partial charge in [0.05, 0.1) is 4.34 Å². The van der Waals surface area contributed by atoms with Gasteiger partial charge in [0.1, 0.15) is 9.46 Å². The minimum absolute atomic E-state index is 0.00309. The molecule has 2 fully saturated rings. The average molecular weight is 455 g/mol. The van der Waals surface area contributed by atoms with E-state index in [1.54, 1.807) is 4.90 Å². The second-order valence-electron chi connectivity index (χ2n) is 6.82. The first-order valence-corrected chi connectivity index (χ1v) is 12.6. The molecule has 9 heteroatoms. The number of nitrogens with zero attached hydrogens (tertiary/aromatic N) is 2. The van der Waals surface area contributed by atoms with Gasteiger partial charge in [-0.15, -0.1) is 15.7 Å². The molecular weight excluding hydrogens is 436 g/mol. The van der Waals surface area contributed by atoms with Gasteiger partial charge in [0, 0.05) is 6.04 Å². The first-order valence-electron chi connectivity index (χ1n) is 9.11. The Morgan fingerprint density at radius 3 is 2.39 bits per heavy atom. The molecule has 5 nitrogen and oxygen atoms in total. The molecule has 0 bridgehead atoms. The molecule has 1 aliphatic carbocycles. The van der Waals surface area contributed by atoms with E-state index < -0.39 is 15.3 Å². The van der Waals surface area contributed by atoms with Crippen LogP contribution in [-0.4, -0.2) is 30.4 Å². The highest BCUT2D eigenvalue weighted by atomic mass is 35.5. The topological polar surface area (TPSA) is 66.8 Å². The molecule has 0 spiro atoms. The second kappa shape index (κ2) is 8.18. The molecule has 0 unspecified atom stereocenters. The molecule has 1 saturated heterocycles. The largest absolute Gasteiger partial charge is 0.294 e. The Morgan fingerprint density at radius 1 is 1.04 bits per heavy atom. The zero-order chi connectivity index (χ0) is 19.7. The highest BCUT2D eigenvalue weighted by molar-refractivity contribution is 8.15. The summed E-state index contributed by atoms with van der Waals surface area (Å²) in [5.41, 5.74) is 0.861. The van der Waals surface area contributed by atoms with Crippen molar-refractivity contribution in [3.63, 3.8) is 0 Å². The molecule has 1 saturated carbocycles. The maximum atomic E-state index is 13.3. The maximum Gasteiger partial charge on any atom is 0.294 e. The number of thiophene rings is 1. The first kappa shape index (κ1) is 19.9. The van der Waals surface area contributed by atoms with Gasteiger partial charge in [0.2, 0.25) is 5.91 Å². The van der Waals surface area contributed by atoms with Gasteiger partial charge in [-0.2, -0.15) is 8.42 Å². The molecule has 0 radical (unpaired) electrons. The van der Waals surface area contributed by atoms with Crippen molar-refractivity contribution in [2.75, 3.05) is 0 Å². The summed E-state index contributed by atoms with van der Waals surface area (Å²) in [6.45, 7) is 0. The fraction of sp³-hybridized carbons (Fsp3) is 0.368. The van der Waals surface area contributed by atoms with Crippen molar-refractivity contribution in [2.24, 2.45) is 4.40 Å². The van der Waals surface area contributed by atoms with E-state index in [0.717, 1.165) is 49.0 Å². The van der Waals surface area contributed by atoms with Gasteiger partial charge in [-0.1, -0.05) is 73.0 Å². The van der Waals surface area contributed by atoms with Crippen molar-refractivity contribution in [3.05, 3.63) is 52.4 Å². The third kappa shape index (κ3) is 4.01. The Bertz CT molecular complexity index is 998. The number of amidine groups is 1. The fourth-order valence-electron chi connectivity index (χ4n) is 3.60. The van der Waals surface area contributed by atoms with Gasteiger partial charge in [-0.3, -0.25) is 9.69 Å². The molecule has 1 aromatic heterocycles. The SMILES string of the molecule is O=C1[C@@H](c2ccccc2)SC(=NS(=O)(=O)c2ccc(Cl)s2)N1C1CCCCC1. The standard InChI is InChI=1S/C19H19ClN2O3S3/c20-15-11-12-16(26-15)28(24,25)21-19-22(14-9-5-2-6-10-14)18(23)17(27-19)13-7-3-1-4-8-13/h1,3-4,7-8,11-12,14,17H,2,5-6,9-10H2/t17-/m1/s1. The number of hydrogen-bond acceptors (Lipinski definition) is 5. The molecule has 4 rings (SSSR count). The zero-order valence-electron chi connectivity index (χ0n) is 15.0. The number of sulfonamides is 1. The van der Waals surface area contributed by atoms with E-state index in [-0.39, 0.29) is 21.3 Å². The van der Waals surface area contributed by atoms with Gasteiger partial charge >= 0.3 is 0 Å². The van der Waals surface area contributed by atoms with Crippen molar-refractivity contribution >= 4 is 55.8 Å². The molecule has 1 amide bonds. The van der Waals surface area contributed by atoms with E-state index in [1.165, 1.54) is 23.9 Å². The molecule has 1 aliphatic heterocycles. The van der Waals surface area contributed by atoms with Crippen LogP contribution < -0.4 is 0 Å². The lowest BCUT2D eigenvalue weighted by Crippen LogP contribution is -2.41. The van der Waals surface area contributed by atoms with E-state index in [4.69, 9.17) is 11.6 Å². The van der Waals surface area contributed by atoms with Gasteiger partial charge in [0.15, 0.2) is 5.17 Å². The third-order valence-corrected chi connectivity index (χ3v) is 9.22. The Kier molecular flexibility index (Phi) is 5.83. The van der Waals surface area contributed by atoms with E-state index in [9.17, 15) is 13.2 Å². The van der Waals surface area contributed by atoms with Crippen LogP contribution >= 0.6 is 34.7 Å². The predicted molar refractivity (Wildman–Crippen MR) is 114 cm³/mol. The Balaban J connectivity index is 1.73. The molecule has 2 aliphatic rings. The molecule has 2 heterocycles. The number of carbonyl (C=O) groups is 1. The summed E-state index contributed by atoms with van der Waals surface area (Å²) in [7, 11) is -3.92. The van der Waals surface area contributed by atoms with Crippen molar-refractivity contribution in [1.82, 2.24) is 4.90 Å². The summed E-state index contributed by atoms with van der Waals surface area (Å²) >= 11 is 8.09. The number of halogens is 1. The quantitative estimate of drug-likeness (QED) is 0.644. The Labute approximate surface area is 177 Å². The molecule has 28 heavy (non-hydrogen) atoms. The van der Waals surface area contributed by atoms with Gasteiger partial charge in [-0.05, 0) is 30.5 Å². The Morgan fingerprint density at radius 2 is 1.75 bits per heavy atom. The fourth-order valence-corrected chi connectivity index (χ4v) is 7.47. The summed E-state index contributed by atoms with van der Waals surface area (Å²) in [6, 6.07) is 12.4. The van der Waals surface area contributed by atoms with Crippen molar-refractivity contribution in [3.8, 4) is 0 Å². The molecule has 2 aromatic rings. The molecule has 148 valence electrons. The van der Waals surface area contributed by atoms with Crippen LogP contribution in [-0.2, 0) is 14.8 Å². The third-order valence-electron chi connectivity index (χ3n) is 4.93. The summed E-state index contributed by atoms with van der Waals surface area (Å²) in [5.74, 6) is -0.0822. The molecular formula is C19H19ClN2O3S3. The predicted octanol–water partition coefficient (Wildman–Crippen LogP) is 5.10. The van der Waals surface area contributed by atoms with Crippen LogP contribution in [0.4, 0.5) is 0 Å². The van der Waals surface area contributed by atoms with Gasteiger partial charge < -0.3 is 0 Å². The lowest BCUT2D eigenvalue weighted by molar-refractivity contribution is -0.128. The number of amides is 1. The van der Waals surface area contributed by atoms with E-state index >= 15 is 0 Å². The highest BCUT2D eigenvalue weighted by Gasteiger charge is 2.43. The van der Waals surface area contributed by atoms with Crippen LogP contribution in [0.1, 0.15) is 42.9 Å². The minimum atomic E-state index is -3.92. The highest BCUT2D eigenvalue weighted by Crippen LogP contribution is 2.43. The van der Waals surface area contributed by atoms with Crippen LogP contribution in [0.3, 0.4) is 0 Å². The van der Waals surface area contributed by atoms with Crippen molar-refractivity contribution < 1.29 is 13.2 Å². The lowest BCUT2D eigenvalue weighted by atomic mass is 9.94. The lowest BCUT2D eigenvalue weighted by Gasteiger charge is -2.30. The van der Waals surface area contributed by atoms with Crippen LogP contribution in [0.25, 0.3) is 0 Å². The number of benzene rings is 1. The summed E-state index contributed by atoms with van der Waals surface area (Å²) in [6.07, 6.45) is 4.97. The van der Waals surface area contributed by atoms with E-state index in [2.05, 4.69) is 4.40 Å². The number of hydrogen-bond donors (Lipinski definition) is 0. The maximum absolute atomic E-state index is 13.3. The Hall–Kier alpha value is -1.35. The smallest absolute Gasteiger partial charge is 0.286 e. The van der Waals surface area contributed by atoms with Crippen LogP contribution in [0.2, 0.25) is 4.34 Å². The zero-order valence-corrected chi connectivity index (χ0v) is 18.2. The van der Waals surface area contributed by atoms with Gasteiger partial charge in [0.25, 0.3) is 10.0 Å². The number of carbonyl (C=O) groups excluding carboxylic acids is 1. The summed E-state index contributed by atoms with van der Waals surface area (Å²) in [4.78, 5) is 14.9. The van der Waals surface area contributed by atoms with E-state index in [0.29, 0.717) is 4.34 Å². The number of thioether (sulfide) groups is 1. The molecule has 1 aromatic carbocycles. The first-order chi connectivity index (χ1) is 13.5. The van der Waals surface area contributed by atoms with Crippen LogP contribution in [0.15, 0.2) is 51.1 Å². The van der Waals surface area contributed by atoms with Crippen molar-refractivity contribution in [2.45, 2.75) is 47.6 Å². The second-order valence-corrected chi connectivity index (χ2v) is 11.4. The monoisotopic (exact) mass is 454 g/mol. The molecule has 0 N–H and O–H groups in total. The van der Waals surface area contributed by atoms with E-state index in [1.807, 2.05) is 30.3 Å². The van der Waals surface area contributed by atoms with Crippen LogP contribution in [0, 0.1) is 0 Å². The summed E-state index contributed by atoms with van der Waals surface area (Å²) < 4.78 is 30.1. The normalized spacial score (nSPS) is 22.9. The van der Waals surface area contributed by atoms with Crippen molar-refractivity contribution in [1.29, 1.82) is 0 Å². The molecule has 1 atom stereocenters. The average Bonchev–Trinajstić information content (AvgIpc) is 3.27.